The van der Waals surface area contributed by atoms with Crippen LogP contribution in [0.25, 0.3) is 11.3 Å². The smallest absolute Gasteiger partial charge is 0.256 e. The molecule has 6 heteroatoms. The second-order valence-electron chi connectivity index (χ2n) is 7.29. The number of rotatable bonds is 2. The van der Waals surface area contributed by atoms with Crippen LogP contribution in [0.2, 0.25) is 0 Å². The van der Waals surface area contributed by atoms with Crippen LogP contribution in [0, 0.1) is 11.7 Å². The summed E-state index contributed by atoms with van der Waals surface area (Å²) < 4.78 is 19.9. The van der Waals surface area contributed by atoms with Crippen LogP contribution in [-0.4, -0.2) is 5.91 Å². The number of amides is 1. The third-order valence-electron chi connectivity index (χ3n) is 5.34. The highest BCUT2D eigenvalue weighted by atomic mass is 32.1. The number of thiophene rings is 1. The Hall–Kier alpha value is -2.60. The van der Waals surface area contributed by atoms with Gasteiger partial charge in [0.1, 0.15) is 22.3 Å². The van der Waals surface area contributed by atoms with Gasteiger partial charge < -0.3 is 15.1 Å². The largest absolute Gasteiger partial charge is 0.457 e. The summed E-state index contributed by atoms with van der Waals surface area (Å²) in [5.74, 6) is 1.27. The topological polar surface area (TPSA) is 54.3 Å². The van der Waals surface area contributed by atoms with Gasteiger partial charge in [0.15, 0.2) is 6.17 Å². The maximum atomic E-state index is 14.0. The van der Waals surface area contributed by atoms with Gasteiger partial charge in [0, 0.05) is 4.88 Å². The summed E-state index contributed by atoms with van der Waals surface area (Å²) in [6.07, 6.45) is 2.66. The Balaban J connectivity index is 1.46. The number of anilines is 1. The van der Waals surface area contributed by atoms with E-state index in [2.05, 4.69) is 17.6 Å². The minimum atomic E-state index is -0.456. The number of hydrogen-bond acceptors (Lipinski definition) is 4. The maximum Gasteiger partial charge on any atom is 0.256 e. The Morgan fingerprint density at radius 3 is 2.89 bits per heavy atom. The van der Waals surface area contributed by atoms with E-state index in [0.29, 0.717) is 23.0 Å². The second-order valence-corrected chi connectivity index (χ2v) is 8.39. The second kappa shape index (κ2) is 6.23. The number of carbonyl (C=O) groups is 1. The fourth-order valence-electron chi connectivity index (χ4n) is 3.92. The number of benzene rings is 1. The first kappa shape index (κ1) is 16.6. The lowest BCUT2D eigenvalue weighted by molar-refractivity contribution is 0.0930. The van der Waals surface area contributed by atoms with E-state index in [-0.39, 0.29) is 11.7 Å². The standard InChI is InChI=1S/C21H19FN2O2S/c1-11-6-7-13-17(10-11)27-21-18(13)20(25)23-19(24-21)16-9-8-15(26-16)12-4-2-3-5-14(12)22/h2-5,8-9,11,19,24H,6-7,10H2,1H3,(H,23,25)/t11-,19-/m0/s1. The molecule has 0 spiro atoms. The molecule has 2 N–H and O–H groups in total. The average Bonchev–Trinajstić information content (AvgIpc) is 3.26. The molecule has 2 atom stereocenters. The van der Waals surface area contributed by atoms with Gasteiger partial charge in [0.25, 0.3) is 5.91 Å². The Kier molecular flexibility index (Phi) is 3.82. The van der Waals surface area contributed by atoms with Gasteiger partial charge in [-0.1, -0.05) is 19.1 Å². The Labute approximate surface area is 160 Å². The molecule has 2 aromatic heterocycles. The minimum Gasteiger partial charge on any atom is -0.457 e. The number of carbonyl (C=O) groups excluding carboxylic acids is 1. The molecule has 1 aliphatic heterocycles. The van der Waals surface area contributed by atoms with Crippen molar-refractivity contribution in [2.45, 2.75) is 32.4 Å². The molecule has 4 nitrogen and oxygen atoms in total. The molecule has 1 aromatic carbocycles. The molecule has 1 amide bonds. The van der Waals surface area contributed by atoms with Crippen molar-refractivity contribution < 1.29 is 13.6 Å². The van der Waals surface area contributed by atoms with Crippen molar-refractivity contribution in [2.75, 3.05) is 5.32 Å². The predicted molar refractivity (Wildman–Crippen MR) is 103 cm³/mol. The maximum absolute atomic E-state index is 14.0. The Morgan fingerprint density at radius 1 is 1.19 bits per heavy atom. The summed E-state index contributed by atoms with van der Waals surface area (Å²) >= 11 is 1.68. The van der Waals surface area contributed by atoms with E-state index >= 15 is 0 Å². The van der Waals surface area contributed by atoms with Gasteiger partial charge in [0.2, 0.25) is 0 Å². The van der Waals surface area contributed by atoms with Crippen molar-refractivity contribution in [3.05, 3.63) is 64.0 Å². The molecule has 2 aliphatic rings. The van der Waals surface area contributed by atoms with Gasteiger partial charge >= 0.3 is 0 Å². The highest BCUT2D eigenvalue weighted by Gasteiger charge is 2.34. The Bertz CT molecular complexity index is 1040. The van der Waals surface area contributed by atoms with Gasteiger partial charge in [-0.15, -0.1) is 11.3 Å². The highest BCUT2D eigenvalue weighted by Crippen LogP contribution is 2.43. The molecule has 0 unspecified atom stereocenters. The fraction of sp³-hybridized carbons (Fsp3) is 0.286. The number of halogens is 1. The number of nitrogens with one attached hydrogen (secondary N) is 2. The van der Waals surface area contributed by atoms with E-state index in [1.165, 1.54) is 16.5 Å². The van der Waals surface area contributed by atoms with E-state index in [1.807, 2.05) is 0 Å². The van der Waals surface area contributed by atoms with Crippen molar-refractivity contribution in [2.24, 2.45) is 5.92 Å². The van der Waals surface area contributed by atoms with Crippen molar-refractivity contribution in [3.63, 3.8) is 0 Å². The summed E-state index contributed by atoms with van der Waals surface area (Å²) in [4.78, 5) is 14.1. The SMILES string of the molecule is C[C@H]1CCc2c(sc3c2C(=O)N[C@H](c2ccc(-c4ccccc4F)o2)N3)C1. The van der Waals surface area contributed by atoms with Gasteiger partial charge in [-0.25, -0.2) is 4.39 Å². The number of fused-ring (bicyclic) bond motifs is 3. The summed E-state index contributed by atoms with van der Waals surface area (Å²) in [7, 11) is 0. The number of furan rings is 1. The van der Waals surface area contributed by atoms with Crippen LogP contribution < -0.4 is 10.6 Å². The molecule has 138 valence electrons. The highest BCUT2D eigenvalue weighted by molar-refractivity contribution is 7.16. The van der Waals surface area contributed by atoms with E-state index in [1.54, 1.807) is 41.7 Å². The molecule has 3 aromatic rings. The third-order valence-corrected chi connectivity index (χ3v) is 6.53. The first-order chi connectivity index (χ1) is 13.1. The zero-order chi connectivity index (χ0) is 18.5. The summed E-state index contributed by atoms with van der Waals surface area (Å²) in [5.41, 5.74) is 2.40. The molecule has 0 bridgehead atoms. The molecule has 1 aliphatic carbocycles. The normalized spacial score (nSPS) is 21.2. The molecule has 0 radical (unpaired) electrons. The zero-order valence-electron chi connectivity index (χ0n) is 14.8. The zero-order valence-corrected chi connectivity index (χ0v) is 15.7. The van der Waals surface area contributed by atoms with Crippen LogP contribution >= 0.6 is 11.3 Å². The lowest BCUT2D eigenvalue weighted by atomic mass is 9.88. The molecule has 0 saturated carbocycles. The van der Waals surface area contributed by atoms with Gasteiger partial charge in [-0.2, -0.15) is 0 Å². The van der Waals surface area contributed by atoms with Crippen LogP contribution in [0.5, 0.6) is 0 Å². The van der Waals surface area contributed by atoms with Gasteiger partial charge in [-0.3, -0.25) is 4.79 Å². The fourth-order valence-corrected chi connectivity index (χ4v) is 5.36. The molecular formula is C21H19FN2O2S. The predicted octanol–water partition coefficient (Wildman–Crippen LogP) is 5.13. The lowest BCUT2D eigenvalue weighted by Crippen LogP contribution is -2.38. The van der Waals surface area contributed by atoms with Crippen molar-refractivity contribution in [1.29, 1.82) is 0 Å². The molecule has 0 fully saturated rings. The first-order valence-electron chi connectivity index (χ1n) is 9.16. The summed E-state index contributed by atoms with van der Waals surface area (Å²) in [6.45, 7) is 2.26. The van der Waals surface area contributed by atoms with E-state index in [4.69, 9.17) is 4.42 Å². The van der Waals surface area contributed by atoms with Crippen molar-refractivity contribution >= 4 is 22.2 Å². The monoisotopic (exact) mass is 382 g/mol. The summed E-state index contributed by atoms with van der Waals surface area (Å²) in [5, 5.41) is 7.29. The van der Waals surface area contributed by atoms with E-state index in [0.717, 1.165) is 29.8 Å². The van der Waals surface area contributed by atoms with Crippen LogP contribution in [0.15, 0.2) is 40.8 Å². The third kappa shape index (κ3) is 2.75. The van der Waals surface area contributed by atoms with Crippen LogP contribution in [-0.2, 0) is 12.8 Å². The summed E-state index contributed by atoms with van der Waals surface area (Å²) in [6, 6.07) is 10.0. The minimum absolute atomic E-state index is 0.0651. The molecule has 0 saturated heterocycles. The first-order valence-corrected chi connectivity index (χ1v) is 9.98. The number of hydrogen-bond donors (Lipinski definition) is 2. The van der Waals surface area contributed by atoms with E-state index < -0.39 is 6.17 Å². The van der Waals surface area contributed by atoms with Crippen molar-refractivity contribution in [3.8, 4) is 11.3 Å². The Morgan fingerprint density at radius 2 is 2.04 bits per heavy atom. The average molecular weight is 382 g/mol. The molecule has 27 heavy (non-hydrogen) atoms. The molecule has 5 rings (SSSR count). The lowest BCUT2D eigenvalue weighted by Gasteiger charge is -2.25. The molecule has 3 heterocycles. The quantitative estimate of drug-likeness (QED) is 0.646. The van der Waals surface area contributed by atoms with Crippen molar-refractivity contribution in [1.82, 2.24) is 5.32 Å². The van der Waals surface area contributed by atoms with Crippen LogP contribution in [0.1, 0.15) is 46.1 Å². The van der Waals surface area contributed by atoms with Crippen LogP contribution in [0.4, 0.5) is 9.39 Å². The van der Waals surface area contributed by atoms with Gasteiger partial charge in [-0.05, 0) is 55.0 Å². The van der Waals surface area contributed by atoms with Gasteiger partial charge in [0.05, 0.1) is 11.1 Å². The van der Waals surface area contributed by atoms with E-state index in [9.17, 15) is 9.18 Å². The molecular weight excluding hydrogens is 363 g/mol. The van der Waals surface area contributed by atoms with Crippen LogP contribution in [0.3, 0.4) is 0 Å².